The normalized spacial score (nSPS) is 11.7. The number of halogens is 3. The smallest absolute Gasteiger partial charge is 0.417 e. The Balaban J connectivity index is 1.75. The fraction of sp³-hybridized carbons (Fsp3) is 0.240. The van der Waals surface area contributed by atoms with Crippen LogP contribution in [0.15, 0.2) is 54.7 Å². The number of hydrogen-bond acceptors (Lipinski definition) is 6. The van der Waals surface area contributed by atoms with Gasteiger partial charge in [0.25, 0.3) is 0 Å². The van der Waals surface area contributed by atoms with Crippen LogP contribution in [0.1, 0.15) is 34.6 Å². The van der Waals surface area contributed by atoms with Crippen molar-refractivity contribution in [3.8, 4) is 11.3 Å². The molecular formula is C25H22F3N3O2S. The van der Waals surface area contributed by atoms with Crippen molar-refractivity contribution in [2.45, 2.75) is 26.4 Å². The van der Waals surface area contributed by atoms with Crippen LogP contribution in [0.5, 0.6) is 0 Å². The van der Waals surface area contributed by atoms with Gasteiger partial charge in [-0.05, 0) is 35.2 Å². The lowest BCUT2D eigenvalue weighted by Gasteiger charge is -2.11. The van der Waals surface area contributed by atoms with Gasteiger partial charge < -0.3 is 10.1 Å². The Bertz CT molecular complexity index is 1350. The fourth-order valence-electron chi connectivity index (χ4n) is 3.56. The van der Waals surface area contributed by atoms with Crippen molar-refractivity contribution in [2.24, 2.45) is 5.92 Å². The molecule has 34 heavy (non-hydrogen) atoms. The first-order chi connectivity index (χ1) is 16.2. The van der Waals surface area contributed by atoms with E-state index in [1.165, 1.54) is 11.3 Å². The predicted molar refractivity (Wildman–Crippen MR) is 127 cm³/mol. The van der Waals surface area contributed by atoms with E-state index in [1.807, 2.05) is 36.4 Å². The van der Waals surface area contributed by atoms with Crippen LogP contribution >= 0.6 is 11.3 Å². The first-order valence-electron chi connectivity index (χ1n) is 10.6. The van der Waals surface area contributed by atoms with E-state index in [0.29, 0.717) is 17.2 Å². The van der Waals surface area contributed by atoms with E-state index < -0.39 is 17.7 Å². The lowest BCUT2D eigenvalue weighted by molar-refractivity contribution is -0.137. The molecule has 0 fully saturated rings. The van der Waals surface area contributed by atoms with Gasteiger partial charge in [-0.15, -0.1) is 11.3 Å². The Labute approximate surface area is 198 Å². The molecule has 9 heteroatoms. The molecule has 2 aromatic carbocycles. The average molecular weight is 486 g/mol. The zero-order chi connectivity index (χ0) is 24.5. The molecule has 0 aliphatic rings. The van der Waals surface area contributed by atoms with E-state index in [9.17, 15) is 18.0 Å². The number of carbonyl (C=O) groups excluding carboxylic acids is 1. The number of rotatable bonds is 6. The largest absolute Gasteiger partial charge is 0.465 e. The Kier molecular flexibility index (Phi) is 6.56. The van der Waals surface area contributed by atoms with Crippen molar-refractivity contribution in [1.29, 1.82) is 0 Å². The lowest BCUT2D eigenvalue weighted by Crippen LogP contribution is -2.12. The average Bonchev–Trinajstić information content (AvgIpc) is 3.19. The molecule has 0 unspecified atom stereocenters. The minimum atomic E-state index is -4.64. The minimum absolute atomic E-state index is 0.0465. The number of carbonyl (C=O) groups is 1. The summed E-state index contributed by atoms with van der Waals surface area (Å²) in [5, 5.41) is 5.55. The summed E-state index contributed by atoms with van der Waals surface area (Å²) in [7, 11) is 1.11. The summed E-state index contributed by atoms with van der Waals surface area (Å²) in [5.74, 6) is -0.605. The highest BCUT2D eigenvalue weighted by molar-refractivity contribution is 7.16. The SMILES string of the molecule is COC(=O)c1cc(C(F)(F)F)cnc1Nc1nc(-c2ccc3ccccc3c2)c(CC(C)C)s1. The molecule has 176 valence electrons. The summed E-state index contributed by atoms with van der Waals surface area (Å²) in [5.41, 5.74) is 0.380. The van der Waals surface area contributed by atoms with Crippen molar-refractivity contribution < 1.29 is 22.7 Å². The quantitative estimate of drug-likeness (QED) is 0.295. The molecule has 0 spiro atoms. The molecule has 4 aromatic rings. The number of anilines is 2. The molecular weight excluding hydrogens is 463 g/mol. The van der Waals surface area contributed by atoms with E-state index in [2.05, 4.69) is 35.0 Å². The number of methoxy groups -OCH3 is 1. The van der Waals surface area contributed by atoms with E-state index in [1.54, 1.807) is 0 Å². The van der Waals surface area contributed by atoms with Gasteiger partial charge in [0.05, 0.1) is 18.4 Å². The number of hydrogen-bond donors (Lipinski definition) is 1. The van der Waals surface area contributed by atoms with Crippen molar-refractivity contribution in [3.05, 3.63) is 70.7 Å². The number of benzene rings is 2. The predicted octanol–water partition coefficient (Wildman–Crippen LogP) is 7.11. The van der Waals surface area contributed by atoms with E-state index in [-0.39, 0.29) is 11.4 Å². The number of thiazole rings is 1. The fourth-order valence-corrected chi connectivity index (χ4v) is 4.76. The monoisotopic (exact) mass is 485 g/mol. The number of esters is 1. The van der Waals surface area contributed by atoms with Gasteiger partial charge in [0.15, 0.2) is 5.13 Å². The minimum Gasteiger partial charge on any atom is -0.465 e. The third-order valence-corrected chi connectivity index (χ3v) is 6.15. The highest BCUT2D eigenvalue weighted by Crippen LogP contribution is 2.37. The summed E-state index contributed by atoms with van der Waals surface area (Å²) in [6.45, 7) is 4.20. The molecule has 0 atom stereocenters. The molecule has 0 saturated heterocycles. The molecule has 0 bridgehead atoms. The summed E-state index contributed by atoms with van der Waals surface area (Å²) in [4.78, 5) is 21.8. The Morgan fingerprint density at radius 3 is 2.53 bits per heavy atom. The van der Waals surface area contributed by atoms with Gasteiger partial charge in [0.1, 0.15) is 11.4 Å². The second-order valence-corrected chi connectivity index (χ2v) is 9.27. The van der Waals surface area contributed by atoms with Gasteiger partial charge in [-0.1, -0.05) is 50.2 Å². The van der Waals surface area contributed by atoms with E-state index in [4.69, 9.17) is 4.98 Å². The topological polar surface area (TPSA) is 64.1 Å². The van der Waals surface area contributed by atoms with Crippen molar-refractivity contribution in [2.75, 3.05) is 12.4 Å². The molecule has 4 rings (SSSR count). The summed E-state index contributed by atoms with van der Waals surface area (Å²) in [6, 6.07) is 14.8. The van der Waals surface area contributed by atoms with Crippen LogP contribution in [0, 0.1) is 5.92 Å². The van der Waals surface area contributed by atoms with E-state index in [0.717, 1.165) is 46.5 Å². The number of aromatic nitrogens is 2. The van der Waals surface area contributed by atoms with Crippen LogP contribution in [-0.4, -0.2) is 23.0 Å². The zero-order valence-electron chi connectivity index (χ0n) is 18.7. The van der Waals surface area contributed by atoms with Crippen LogP contribution < -0.4 is 5.32 Å². The van der Waals surface area contributed by atoms with Gasteiger partial charge in [0, 0.05) is 16.6 Å². The maximum Gasteiger partial charge on any atom is 0.417 e. The molecule has 0 saturated carbocycles. The molecule has 0 aliphatic heterocycles. The maximum atomic E-state index is 13.1. The second-order valence-electron chi connectivity index (χ2n) is 8.19. The summed E-state index contributed by atoms with van der Waals surface area (Å²) < 4.78 is 44.1. The Hall–Kier alpha value is -3.46. The molecule has 5 nitrogen and oxygen atoms in total. The van der Waals surface area contributed by atoms with Gasteiger partial charge in [0.2, 0.25) is 0 Å². The third kappa shape index (κ3) is 5.04. The molecule has 0 aliphatic carbocycles. The highest BCUT2D eigenvalue weighted by Gasteiger charge is 2.33. The van der Waals surface area contributed by atoms with Crippen LogP contribution in [0.2, 0.25) is 0 Å². The van der Waals surface area contributed by atoms with Crippen molar-refractivity contribution in [3.63, 3.8) is 0 Å². The lowest BCUT2D eigenvalue weighted by atomic mass is 10.0. The molecule has 0 amide bonds. The molecule has 2 heterocycles. The van der Waals surface area contributed by atoms with E-state index >= 15 is 0 Å². The number of alkyl halides is 3. The number of nitrogens with zero attached hydrogens (tertiary/aromatic N) is 2. The molecule has 0 radical (unpaired) electrons. The second kappa shape index (κ2) is 9.42. The Morgan fingerprint density at radius 1 is 1.12 bits per heavy atom. The summed E-state index contributed by atoms with van der Waals surface area (Å²) in [6.07, 6.45) is -3.18. The number of fused-ring (bicyclic) bond motifs is 1. The number of ether oxygens (including phenoxy) is 1. The van der Waals surface area contributed by atoms with Gasteiger partial charge in [-0.2, -0.15) is 13.2 Å². The van der Waals surface area contributed by atoms with Gasteiger partial charge in [-0.25, -0.2) is 14.8 Å². The van der Waals surface area contributed by atoms with Crippen LogP contribution in [0.3, 0.4) is 0 Å². The molecule has 1 N–H and O–H groups in total. The molecule has 2 aromatic heterocycles. The number of nitrogens with one attached hydrogen (secondary N) is 1. The van der Waals surface area contributed by atoms with Crippen LogP contribution in [0.4, 0.5) is 24.1 Å². The highest BCUT2D eigenvalue weighted by atomic mass is 32.1. The zero-order valence-corrected chi connectivity index (χ0v) is 19.6. The van der Waals surface area contributed by atoms with Crippen molar-refractivity contribution >= 4 is 39.0 Å². The standard InChI is InChI=1S/C25H22F3N3O2S/c1-14(2)10-20-21(17-9-8-15-6-4-5-7-16(15)11-17)30-24(34-20)31-22-19(23(32)33-3)12-18(13-29-22)25(26,27)28/h4-9,11-14H,10H2,1-3H3,(H,29,30,31). The first-order valence-corrected chi connectivity index (χ1v) is 11.4. The first kappa shape index (κ1) is 23.7. The van der Waals surface area contributed by atoms with Gasteiger partial charge in [-0.3, -0.25) is 0 Å². The van der Waals surface area contributed by atoms with Crippen molar-refractivity contribution in [1.82, 2.24) is 9.97 Å². The Morgan fingerprint density at radius 2 is 1.85 bits per heavy atom. The number of pyridine rings is 1. The summed E-state index contributed by atoms with van der Waals surface area (Å²) >= 11 is 1.38. The van der Waals surface area contributed by atoms with Crippen LogP contribution in [-0.2, 0) is 17.3 Å². The maximum absolute atomic E-state index is 13.1. The third-order valence-electron chi connectivity index (χ3n) is 5.16. The van der Waals surface area contributed by atoms with Crippen LogP contribution in [0.25, 0.3) is 22.0 Å². The van der Waals surface area contributed by atoms with Gasteiger partial charge >= 0.3 is 12.1 Å².